The summed E-state index contributed by atoms with van der Waals surface area (Å²) in [4.78, 5) is 4.67. The highest BCUT2D eigenvalue weighted by Gasteiger charge is 2.35. The molecule has 132 valence electrons. The van der Waals surface area contributed by atoms with Gasteiger partial charge in [-0.25, -0.2) is 4.99 Å². The molecular formula is C17H17F3N4S. The molecule has 0 fully saturated rings. The van der Waals surface area contributed by atoms with Gasteiger partial charge in [-0.3, -0.25) is 0 Å². The van der Waals surface area contributed by atoms with Crippen molar-refractivity contribution < 1.29 is 13.2 Å². The Bertz CT molecular complexity index is 859. The first-order chi connectivity index (χ1) is 11.6. The van der Waals surface area contributed by atoms with E-state index in [0.29, 0.717) is 21.7 Å². The van der Waals surface area contributed by atoms with Crippen LogP contribution >= 0.6 is 11.8 Å². The molecule has 0 aliphatic carbocycles. The highest BCUT2D eigenvalue weighted by molar-refractivity contribution is 7.98. The Balaban J connectivity index is 2.22. The van der Waals surface area contributed by atoms with E-state index in [4.69, 9.17) is 11.5 Å². The van der Waals surface area contributed by atoms with Gasteiger partial charge >= 0.3 is 6.18 Å². The summed E-state index contributed by atoms with van der Waals surface area (Å²) in [5, 5.41) is 2.88. The average molecular weight is 366 g/mol. The standard InChI is InChI=1S/C17H17F3N4S/c1-16(22)10-7-6-9(8-12(10)23-15(21)24-16)14-11(17(18,19)20)4-3-5-13(14)25-2/h3-8H,22H2,1-2H3,(H3,21,23,24). The summed E-state index contributed by atoms with van der Waals surface area (Å²) in [6, 6.07) is 9.12. The number of nitrogens with one attached hydrogen (secondary N) is 1. The van der Waals surface area contributed by atoms with Crippen LogP contribution in [0.3, 0.4) is 0 Å². The summed E-state index contributed by atoms with van der Waals surface area (Å²) in [5.74, 6) is 0.129. The van der Waals surface area contributed by atoms with Crippen molar-refractivity contribution in [3.63, 3.8) is 0 Å². The predicted octanol–water partition coefficient (Wildman–Crippen LogP) is 3.97. The minimum absolute atomic E-state index is 0.129. The van der Waals surface area contributed by atoms with Gasteiger partial charge in [0.05, 0.1) is 5.56 Å². The van der Waals surface area contributed by atoms with E-state index in [9.17, 15) is 13.2 Å². The zero-order valence-corrected chi connectivity index (χ0v) is 14.4. The molecule has 1 aliphatic rings. The fourth-order valence-corrected chi connectivity index (χ4v) is 3.60. The number of halogens is 3. The molecule has 0 bridgehead atoms. The van der Waals surface area contributed by atoms with Gasteiger partial charge in [0, 0.05) is 21.7 Å². The highest BCUT2D eigenvalue weighted by atomic mass is 32.2. The fraction of sp³-hybridized carbons (Fsp3) is 0.235. The summed E-state index contributed by atoms with van der Waals surface area (Å²) in [6.45, 7) is 1.69. The summed E-state index contributed by atoms with van der Waals surface area (Å²) >= 11 is 1.26. The molecule has 0 aromatic heterocycles. The van der Waals surface area contributed by atoms with Crippen LogP contribution in [-0.4, -0.2) is 12.2 Å². The average Bonchev–Trinajstić information content (AvgIpc) is 2.51. The van der Waals surface area contributed by atoms with Gasteiger partial charge in [0.25, 0.3) is 0 Å². The van der Waals surface area contributed by atoms with Crippen molar-refractivity contribution in [3.05, 3.63) is 47.5 Å². The van der Waals surface area contributed by atoms with Crippen molar-refractivity contribution in [2.75, 3.05) is 11.6 Å². The number of anilines is 1. The van der Waals surface area contributed by atoms with Crippen LogP contribution in [0.4, 0.5) is 18.9 Å². The minimum atomic E-state index is -4.45. The molecule has 3 rings (SSSR count). The first-order valence-electron chi connectivity index (χ1n) is 7.44. The van der Waals surface area contributed by atoms with Crippen LogP contribution in [0, 0.1) is 0 Å². The van der Waals surface area contributed by atoms with Gasteiger partial charge in [0.1, 0.15) is 5.66 Å². The Morgan fingerprint density at radius 3 is 2.56 bits per heavy atom. The third-order valence-corrected chi connectivity index (χ3v) is 4.80. The molecule has 1 atom stereocenters. The van der Waals surface area contributed by atoms with E-state index in [1.807, 2.05) is 0 Å². The van der Waals surface area contributed by atoms with Crippen molar-refractivity contribution in [2.45, 2.75) is 23.7 Å². The molecule has 1 heterocycles. The Hall–Kier alpha value is -2.19. The first-order valence-corrected chi connectivity index (χ1v) is 8.66. The summed E-state index contributed by atoms with van der Waals surface area (Å²) in [6.07, 6.45) is -2.70. The maximum Gasteiger partial charge on any atom is 0.417 e. The van der Waals surface area contributed by atoms with Crippen LogP contribution in [0.1, 0.15) is 18.1 Å². The lowest BCUT2D eigenvalue weighted by molar-refractivity contribution is -0.137. The van der Waals surface area contributed by atoms with E-state index < -0.39 is 17.4 Å². The van der Waals surface area contributed by atoms with Crippen molar-refractivity contribution in [1.29, 1.82) is 0 Å². The number of benzene rings is 2. The Kier molecular flexibility index (Phi) is 4.20. The molecule has 8 heteroatoms. The molecule has 1 unspecified atom stereocenters. The van der Waals surface area contributed by atoms with Crippen molar-refractivity contribution in [1.82, 2.24) is 0 Å². The van der Waals surface area contributed by atoms with Gasteiger partial charge in [-0.15, -0.1) is 11.8 Å². The maximum atomic E-state index is 13.5. The number of nitrogens with two attached hydrogens (primary N) is 2. The second kappa shape index (κ2) is 5.96. The quantitative estimate of drug-likeness (QED) is 0.703. The van der Waals surface area contributed by atoms with Gasteiger partial charge in [0.15, 0.2) is 5.96 Å². The summed E-state index contributed by atoms with van der Waals surface area (Å²) < 4.78 is 40.5. The van der Waals surface area contributed by atoms with Crippen LogP contribution in [0.2, 0.25) is 0 Å². The second-order valence-electron chi connectivity index (χ2n) is 5.91. The molecule has 25 heavy (non-hydrogen) atoms. The largest absolute Gasteiger partial charge is 0.417 e. The van der Waals surface area contributed by atoms with Crippen LogP contribution in [0.25, 0.3) is 11.1 Å². The van der Waals surface area contributed by atoms with Crippen LogP contribution in [0.15, 0.2) is 46.3 Å². The lowest BCUT2D eigenvalue weighted by atomic mass is 9.93. The van der Waals surface area contributed by atoms with E-state index in [1.54, 1.807) is 37.4 Å². The van der Waals surface area contributed by atoms with Gasteiger partial charge in [0.2, 0.25) is 0 Å². The monoisotopic (exact) mass is 366 g/mol. The fourth-order valence-electron chi connectivity index (χ4n) is 2.96. The molecule has 0 amide bonds. The Morgan fingerprint density at radius 1 is 1.20 bits per heavy atom. The minimum Gasteiger partial charge on any atom is -0.370 e. The van der Waals surface area contributed by atoms with E-state index >= 15 is 0 Å². The number of guanidine groups is 1. The highest BCUT2D eigenvalue weighted by Crippen LogP contribution is 2.43. The number of rotatable bonds is 2. The van der Waals surface area contributed by atoms with Gasteiger partial charge in [-0.2, -0.15) is 13.2 Å². The van der Waals surface area contributed by atoms with Crippen LogP contribution in [-0.2, 0) is 11.8 Å². The topological polar surface area (TPSA) is 76.4 Å². The second-order valence-corrected chi connectivity index (χ2v) is 6.76. The molecule has 0 spiro atoms. The predicted molar refractivity (Wildman–Crippen MR) is 95.4 cm³/mol. The number of fused-ring (bicyclic) bond motifs is 1. The smallest absolute Gasteiger partial charge is 0.370 e. The van der Waals surface area contributed by atoms with Gasteiger partial charge in [-0.05, 0) is 36.9 Å². The number of alkyl halides is 3. The van der Waals surface area contributed by atoms with E-state index in [2.05, 4.69) is 10.3 Å². The number of thioether (sulfide) groups is 1. The molecule has 0 saturated carbocycles. The summed E-state index contributed by atoms with van der Waals surface area (Å²) in [5.41, 5.74) is 12.0. The molecule has 2 aromatic rings. The lowest BCUT2D eigenvalue weighted by Gasteiger charge is -2.29. The summed E-state index contributed by atoms with van der Waals surface area (Å²) in [7, 11) is 0. The number of nitrogens with zero attached hydrogens (tertiary/aromatic N) is 1. The zero-order valence-electron chi connectivity index (χ0n) is 13.6. The van der Waals surface area contributed by atoms with E-state index in [0.717, 1.165) is 6.07 Å². The number of aliphatic imine (C=N–C) groups is 1. The number of hydrogen-bond acceptors (Lipinski definition) is 5. The molecule has 5 N–H and O–H groups in total. The molecule has 0 saturated heterocycles. The molecular weight excluding hydrogens is 349 g/mol. The number of hydrogen-bond donors (Lipinski definition) is 3. The normalized spacial score (nSPS) is 19.8. The molecule has 2 aromatic carbocycles. The lowest BCUT2D eigenvalue weighted by Crippen LogP contribution is -2.40. The van der Waals surface area contributed by atoms with Crippen LogP contribution in [0.5, 0.6) is 0 Å². The van der Waals surface area contributed by atoms with Crippen molar-refractivity contribution in [2.24, 2.45) is 16.5 Å². The SMILES string of the molecule is CSc1cccc(C(F)(F)F)c1-c1ccc2c(c1)NC(N)=NC2(C)N. The maximum absolute atomic E-state index is 13.5. The first kappa shape index (κ1) is 17.6. The molecule has 0 radical (unpaired) electrons. The van der Waals surface area contributed by atoms with Crippen LogP contribution < -0.4 is 16.8 Å². The molecule has 1 aliphatic heterocycles. The van der Waals surface area contributed by atoms with E-state index in [-0.39, 0.29) is 11.5 Å². The molecule has 4 nitrogen and oxygen atoms in total. The van der Waals surface area contributed by atoms with Gasteiger partial charge < -0.3 is 16.8 Å². The third-order valence-electron chi connectivity index (χ3n) is 4.02. The van der Waals surface area contributed by atoms with Crippen molar-refractivity contribution >= 4 is 23.4 Å². The van der Waals surface area contributed by atoms with Crippen molar-refractivity contribution in [3.8, 4) is 11.1 Å². The Labute approximate surface area is 147 Å². The third kappa shape index (κ3) is 3.19. The zero-order chi connectivity index (χ0) is 18.4. The van der Waals surface area contributed by atoms with Gasteiger partial charge in [-0.1, -0.05) is 18.2 Å². The van der Waals surface area contributed by atoms with E-state index in [1.165, 1.54) is 17.8 Å². The Morgan fingerprint density at radius 2 is 1.92 bits per heavy atom.